The van der Waals surface area contributed by atoms with Crippen molar-refractivity contribution in [1.82, 2.24) is 5.32 Å². The molecule has 0 amide bonds. The first-order valence-corrected chi connectivity index (χ1v) is 5.09. The fraction of sp³-hybridized carbons (Fsp3) is 0.667. The molecule has 0 heterocycles. The predicted octanol–water partition coefficient (Wildman–Crippen LogP) is 2.73. The molecule has 0 aromatic heterocycles. The largest absolute Gasteiger partial charge is 0.314 e. The van der Waals surface area contributed by atoms with Crippen LogP contribution >= 0.6 is 0 Å². The van der Waals surface area contributed by atoms with Crippen LogP contribution in [-0.2, 0) is 0 Å². The molecule has 0 aromatic rings. The van der Waals surface area contributed by atoms with Crippen LogP contribution in [-0.4, -0.2) is 12.6 Å². The first-order valence-electron chi connectivity index (χ1n) is 5.09. The van der Waals surface area contributed by atoms with Gasteiger partial charge in [-0.2, -0.15) is 0 Å². The summed E-state index contributed by atoms with van der Waals surface area (Å²) in [6, 6.07) is 0.568. The van der Waals surface area contributed by atoms with E-state index >= 15 is 0 Å². The molecule has 1 N–H and O–H groups in total. The summed E-state index contributed by atoms with van der Waals surface area (Å²) >= 11 is 0. The normalized spacial score (nSPS) is 11.5. The van der Waals surface area contributed by atoms with Crippen LogP contribution in [0.4, 0.5) is 0 Å². The Morgan fingerprint density at radius 2 is 2.31 bits per heavy atom. The van der Waals surface area contributed by atoms with E-state index in [-0.39, 0.29) is 0 Å². The summed E-state index contributed by atoms with van der Waals surface area (Å²) < 4.78 is 0. The highest BCUT2D eigenvalue weighted by Crippen LogP contribution is 2.01. The second-order valence-corrected chi connectivity index (χ2v) is 3.14. The molecule has 1 atom stereocenters. The van der Waals surface area contributed by atoms with E-state index in [1.165, 1.54) is 6.42 Å². The maximum Gasteiger partial charge on any atom is 0.0110 e. The van der Waals surface area contributed by atoms with Crippen molar-refractivity contribution in [3.05, 3.63) is 12.7 Å². The molecule has 0 rings (SSSR count). The van der Waals surface area contributed by atoms with Crippen molar-refractivity contribution in [2.75, 3.05) is 6.54 Å². The highest BCUT2D eigenvalue weighted by Gasteiger charge is 2.03. The van der Waals surface area contributed by atoms with Gasteiger partial charge in [0.05, 0.1) is 0 Å². The van der Waals surface area contributed by atoms with Gasteiger partial charge in [-0.05, 0) is 32.7 Å². The van der Waals surface area contributed by atoms with E-state index in [2.05, 4.69) is 30.7 Å². The Morgan fingerprint density at radius 1 is 1.54 bits per heavy atom. The lowest BCUT2D eigenvalue weighted by molar-refractivity contribution is 0.490. The molecule has 0 saturated heterocycles. The third-order valence-electron chi connectivity index (χ3n) is 1.93. The van der Waals surface area contributed by atoms with E-state index in [0.29, 0.717) is 6.04 Å². The molecule has 0 saturated carbocycles. The van der Waals surface area contributed by atoms with E-state index < -0.39 is 0 Å². The molecular formula is C12H21N. The third-order valence-corrected chi connectivity index (χ3v) is 1.93. The van der Waals surface area contributed by atoms with Gasteiger partial charge in [0.25, 0.3) is 0 Å². The number of hydrogen-bond acceptors (Lipinski definition) is 1. The lowest BCUT2D eigenvalue weighted by atomic mass is 10.1. The minimum atomic E-state index is 0.568. The Hall–Kier alpha value is -0.740. The van der Waals surface area contributed by atoms with E-state index in [9.17, 15) is 0 Å². The average Bonchev–Trinajstić information content (AvgIpc) is 2.14. The Balaban J connectivity index is 3.63. The summed E-state index contributed by atoms with van der Waals surface area (Å²) in [7, 11) is 0. The summed E-state index contributed by atoms with van der Waals surface area (Å²) in [4.78, 5) is 0. The lowest BCUT2D eigenvalue weighted by Crippen LogP contribution is -2.29. The molecule has 0 aromatic carbocycles. The molecular weight excluding hydrogens is 158 g/mol. The second kappa shape index (κ2) is 9.35. The molecule has 0 spiro atoms. The van der Waals surface area contributed by atoms with Crippen LogP contribution in [0.15, 0.2) is 12.7 Å². The zero-order valence-corrected chi connectivity index (χ0v) is 8.90. The first kappa shape index (κ1) is 12.3. The molecule has 74 valence electrons. The van der Waals surface area contributed by atoms with Gasteiger partial charge in [0, 0.05) is 12.5 Å². The van der Waals surface area contributed by atoms with Gasteiger partial charge in [-0.3, -0.25) is 0 Å². The van der Waals surface area contributed by atoms with Gasteiger partial charge in [0.2, 0.25) is 0 Å². The quantitative estimate of drug-likeness (QED) is 0.468. The summed E-state index contributed by atoms with van der Waals surface area (Å²) in [5, 5.41) is 3.49. The molecule has 1 nitrogen and oxygen atoms in total. The van der Waals surface area contributed by atoms with Crippen molar-refractivity contribution in [1.29, 1.82) is 0 Å². The zero-order valence-electron chi connectivity index (χ0n) is 8.90. The van der Waals surface area contributed by atoms with Crippen LogP contribution in [0.1, 0.15) is 39.5 Å². The third kappa shape index (κ3) is 7.62. The van der Waals surface area contributed by atoms with Crippen molar-refractivity contribution in [2.45, 2.75) is 45.6 Å². The van der Waals surface area contributed by atoms with Crippen LogP contribution in [0.3, 0.4) is 0 Å². The van der Waals surface area contributed by atoms with E-state index in [1.54, 1.807) is 0 Å². The van der Waals surface area contributed by atoms with Crippen molar-refractivity contribution in [2.24, 2.45) is 0 Å². The maximum absolute atomic E-state index is 3.76. The number of hydrogen-bond donors (Lipinski definition) is 1. The van der Waals surface area contributed by atoms with Crippen LogP contribution < -0.4 is 5.32 Å². The molecule has 1 heteroatoms. The van der Waals surface area contributed by atoms with E-state index in [1.807, 2.05) is 13.0 Å². The highest BCUT2D eigenvalue weighted by molar-refractivity contribution is 4.96. The minimum Gasteiger partial charge on any atom is -0.314 e. The van der Waals surface area contributed by atoms with Crippen molar-refractivity contribution < 1.29 is 0 Å². The first-order chi connectivity index (χ1) is 6.35. The minimum absolute atomic E-state index is 0.568. The topological polar surface area (TPSA) is 12.0 Å². The maximum atomic E-state index is 3.76. The van der Waals surface area contributed by atoms with Gasteiger partial charge in [0.15, 0.2) is 0 Å². The lowest BCUT2D eigenvalue weighted by Gasteiger charge is -2.14. The number of rotatable bonds is 7. The van der Waals surface area contributed by atoms with Crippen LogP contribution in [0, 0.1) is 11.8 Å². The predicted molar refractivity (Wildman–Crippen MR) is 59.6 cm³/mol. The van der Waals surface area contributed by atoms with Crippen molar-refractivity contribution in [3.8, 4) is 11.8 Å². The Labute approximate surface area is 82.6 Å². The van der Waals surface area contributed by atoms with Crippen LogP contribution in [0.5, 0.6) is 0 Å². The second-order valence-electron chi connectivity index (χ2n) is 3.14. The van der Waals surface area contributed by atoms with Gasteiger partial charge in [-0.25, -0.2) is 0 Å². The van der Waals surface area contributed by atoms with Gasteiger partial charge >= 0.3 is 0 Å². The Kier molecular flexibility index (Phi) is 8.82. The summed E-state index contributed by atoms with van der Waals surface area (Å²) in [5.74, 6) is 6.01. The Bertz CT molecular complexity index is 173. The monoisotopic (exact) mass is 179 g/mol. The molecule has 1 unspecified atom stereocenters. The fourth-order valence-electron chi connectivity index (χ4n) is 1.22. The van der Waals surface area contributed by atoms with Gasteiger partial charge in [0.1, 0.15) is 0 Å². The zero-order chi connectivity index (χ0) is 9.94. The molecule has 0 radical (unpaired) electrons. The highest BCUT2D eigenvalue weighted by atomic mass is 14.9. The van der Waals surface area contributed by atoms with Gasteiger partial charge < -0.3 is 5.32 Å². The van der Waals surface area contributed by atoms with Gasteiger partial charge in [-0.15, -0.1) is 18.4 Å². The van der Waals surface area contributed by atoms with E-state index in [4.69, 9.17) is 0 Å². The summed E-state index contributed by atoms with van der Waals surface area (Å²) in [6.07, 6.45) is 6.34. The number of nitrogens with one attached hydrogen (secondary N) is 1. The summed E-state index contributed by atoms with van der Waals surface area (Å²) in [5.41, 5.74) is 0. The van der Waals surface area contributed by atoms with E-state index in [0.717, 1.165) is 25.8 Å². The molecule has 0 aliphatic carbocycles. The average molecular weight is 179 g/mol. The molecule has 0 fully saturated rings. The Morgan fingerprint density at radius 3 is 2.85 bits per heavy atom. The van der Waals surface area contributed by atoms with Gasteiger partial charge in [-0.1, -0.05) is 13.0 Å². The smallest absolute Gasteiger partial charge is 0.0110 e. The van der Waals surface area contributed by atoms with Crippen LogP contribution in [0.25, 0.3) is 0 Å². The molecule has 0 aliphatic rings. The summed E-state index contributed by atoms with van der Waals surface area (Å²) in [6.45, 7) is 8.93. The van der Waals surface area contributed by atoms with Crippen molar-refractivity contribution >= 4 is 0 Å². The molecule has 0 bridgehead atoms. The fourth-order valence-corrected chi connectivity index (χ4v) is 1.22. The van der Waals surface area contributed by atoms with Crippen LogP contribution in [0.2, 0.25) is 0 Å². The standard InChI is InChI=1S/C12H21N/c1-4-7-8-10-12(9-5-2)13-11-6-3/h5,12-13H,2,6,8-11H2,1,3H3. The molecule has 0 aliphatic heterocycles. The van der Waals surface area contributed by atoms with Crippen molar-refractivity contribution in [3.63, 3.8) is 0 Å². The molecule has 13 heavy (non-hydrogen) atoms. The SMILES string of the molecule is C=CCC(CCC#CC)NCCC.